The highest BCUT2D eigenvalue weighted by molar-refractivity contribution is 5.57. The Labute approximate surface area is 59.7 Å². The Morgan fingerprint density at radius 2 is 2.50 bits per heavy atom. The van der Waals surface area contributed by atoms with E-state index in [-0.39, 0.29) is 0 Å². The fourth-order valence-electron chi connectivity index (χ4n) is 0.956. The van der Waals surface area contributed by atoms with Gasteiger partial charge in [0.25, 0.3) is 0 Å². The Bertz CT molecular complexity index is 306. The van der Waals surface area contributed by atoms with Crippen LogP contribution in [0.2, 0.25) is 0 Å². The second-order valence-corrected chi connectivity index (χ2v) is 2.12. The monoisotopic (exact) mass is 128 g/mol. The standard InChI is InChI=1S/C9H6N/c1-2-6-9-8(4-1)5-3-7-10-9/h2-7H/q+1. The van der Waals surface area contributed by atoms with Crippen molar-refractivity contribution < 1.29 is 0 Å². The molecule has 1 heteroatoms. The first-order valence-corrected chi connectivity index (χ1v) is 3.18. The van der Waals surface area contributed by atoms with Crippen molar-refractivity contribution in [1.82, 2.24) is 4.98 Å². The van der Waals surface area contributed by atoms with Crippen molar-refractivity contribution in [3.05, 3.63) is 47.8 Å². The molecular formula is C9H6N+. The number of fused-ring (bicyclic) bond motifs is 1. The molecule has 0 bridgehead atoms. The Hall–Kier alpha value is -1.46. The molecule has 10 heavy (non-hydrogen) atoms. The number of nitrogens with zero attached hydrogens (tertiary/aromatic N) is 1. The molecule has 0 aromatic carbocycles. The van der Waals surface area contributed by atoms with E-state index >= 15 is 0 Å². The molecule has 0 spiro atoms. The van der Waals surface area contributed by atoms with Gasteiger partial charge in [0.05, 0.1) is 6.42 Å². The summed E-state index contributed by atoms with van der Waals surface area (Å²) in [6.07, 6.45) is 7.55. The van der Waals surface area contributed by atoms with E-state index in [0.29, 0.717) is 0 Å². The zero-order valence-electron chi connectivity index (χ0n) is 5.41. The molecule has 1 nitrogen and oxygen atoms in total. The average molecular weight is 128 g/mol. The minimum Gasteiger partial charge on any atom is -0.229 e. The van der Waals surface area contributed by atoms with Crippen molar-refractivity contribution >= 4 is 6.08 Å². The number of hydrogen-bond acceptors (Lipinski definition) is 1. The second kappa shape index (κ2) is 2.05. The van der Waals surface area contributed by atoms with Crippen molar-refractivity contribution in [2.24, 2.45) is 0 Å². The summed E-state index contributed by atoms with van der Waals surface area (Å²) in [6.45, 7) is 0. The van der Waals surface area contributed by atoms with E-state index < -0.39 is 0 Å². The van der Waals surface area contributed by atoms with Crippen molar-refractivity contribution in [3.63, 3.8) is 0 Å². The SMILES string of the molecule is C1=C[CH+]c2ncccc2C=1. The van der Waals surface area contributed by atoms with E-state index in [2.05, 4.69) is 10.7 Å². The lowest BCUT2D eigenvalue weighted by Gasteiger charge is -1.92. The van der Waals surface area contributed by atoms with Crippen LogP contribution in [-0.4, -0.2) is 4.98 Å². The molecule has 1 aromatic heterocycles. The number of allylic oxidation sites excluding steroid dienone is 1. The molecule has 2 rings (SSSR count). The topological polar surface area (TPSA) is 12.9 Å². The van der Waals surface area contributed by atoms with Crippen molar-refractivity contribution in [3.8, 4) is 0 Å². The molecule has 1 aromatic rings. The first kappa shape index (κ1) is 5.33. The zero-order valence-corrected chi connectivity index (χ0v) is 5.41. The summed E-state index contributed by atoms with van der Waals surface area (Å²) in [6, 6.07) is 3.95. The molecule has 0 N–H and O–H groups in total. The van der Waals surface area contributed by atoms with Crippen LogP contribution >= 0.6 is 0 Å². The van der Waals surface area contributed by atoms with E-state index in [4.69, 9.17) is 0 Å². The van der Waals surface area contributed by atoms with Crippen LogP contribution in [-0.2, 0) is 0 Å². The highest BCUT2D eigenvalue weighted by Gasteiger charge is 2.09. The normalized spacial score (nSPS) is 12.4. The molecule has 1 aliphatic carbocycles. The van der Waals surface area contributed by atoms with Gasteiger partial charge >= 0.3 is 0 Å². The molecule has 1 aliphatic rings. The van der Waals surface area contributed by atoms with Gasteiger partial charge in [0.1, 0.15) is 17.7 Å². The van der Waals surface area contributed by atoms with Gasteiger partial charge in [-0.05, 0) is 6.07 Å². The lowest BCUT2D eigenvalue weighted by Crippen LogP contribution is -1.90. The van der Waals surface area contributed by atoms with Crippen LogP contribution < -0.4 is 0 Å². The van der Waals surface area contributed by atoms with Crippen molar-refractivity contribution in [2.45, 2.75) is 0 Å². The zero-order chi connectivity index (χ0) is 6.81. The molecular weight excluding hydrogens is 122 g/mol. The van der Waals surface area contributed by atoms with Crippen LogP contribution in [0.4, 0.5) is 0 Å². The summed E-state index contributed by atoms with van der Waals surface area (Å²) in [5, 5.41) is 0. The number of aromatic nitrogens is 1. The first-order valence-electron chi connectivity index (χ1n) is 3.18. The molecule has 0 fully saturated rings. The van der Waals surface area contributed by atoms with E-state index in [1.54, 1.807) is 6.20 Å². The third-order valence-corrected chi connectivity index (χ3v) is 1.45. The van der Waals surface area contributed by atoms with Crippen LogP contribution in [0.3, 0.4) is 0 Å². The number of rotatable bonds is 0. The summed E-state index contributed by atoms with van der Waals surface area (Å²) in [7, 11) is 0. The fraction of sp³-hybridized carbons (Fsp3) is 0. The first-order chi connectivity index (χ1) is 4.97. The third-order valence-electron chi connectivity index (χ3n) is 1.45. The van der Waals surface area contributed by atoms with Crippen LogP contribution in [0.1, 0.15) is 11.3 Å². The van der Waals surface area contributed by atoms with Crippen LogP contribution in [0, 0.1) is 6.42 Å². The van der Waals surface area contributed by atoms with Crippen molar-refractivity contribution in [1.29, 1.82) is 0 Å². The maximum Gasteiger partial charge on any atom is 0.181 e. The van der Waals surface area contributed by atoms with Gasteiger partial charge in [-0.25, -0.2) is 4.98 Å². The lowest BCUT2D eigenvalue weighted by molar-refractivity contribution is 1.22. The Morgan fingerprint density at radius 1 is 1.50 bits per heavy atom. The molecule has 0 saturated heterocycles. The van der Waals surface area contributed by atoms with Gasteiger partial charge in [0.15, 0.2) is 5.69 Å². The smallest absolute Gasteiger partial charge is 0.181 e. The minimum atomic E-state index is 1.03. The van der Waals surface area contributed by atoms with Gasteiger partial charge in [0.2, 0.25) is 0 Å². The van der Waals surface area contributed by atoms with Crippen LogP contribution in [0.25, 0.3) is 6.08 Å². The van der Waals surface area contributed by atoms with Gasteiger partial charge in [-0.15, -0.1) is 0 Å². The Morgan fingerprint density at radius 3 is 3.40 bits per heavy atom. The van der Waals surface area contributed by atoms with Crippen LogP contribution in [0.15, 0.2) is 30.1 Å². The van der Waals surface area contributed by atoms with Crippen LogP contribution in [0.5, 0.6) is 0 Å². The largest absolute Gasteiger partial charge is 0.229 e. The molecule has 0 saturated carbocycles. The third kappa shape index (κ3) is 0.734. The number of pyridine rings is 1. The molecule has 0 unspecified atom stereocenters. The quantitative estimate of drug-likeness (QED) is 0.383. The van der Waals surface area contributed by atoms with E-state index in [0.717, 1.165) is 11.3 Å². The predicted octanol–water partition coefficient (Wildman–Crippen LogP) is 1.82. The highest BCUT2D eigenvalue weighted by Crippen LogP contribution is 2.12. The van der Waals surface area contributed by atoms with Gasteiger partial charge < -0.3 is 0 Å². The lowest BCUT2D eigenvalue weighted by atomic mass is 10.1. The molecule has 0 radical (unpaired) electrons. The second-order valence-electron chi connectivity index (χ2n) is 2.12. The summed E-state index contributed by atoms with van der Waals surface area (Å²) in [5.74, 6) is 0. The molecule has 0 atom stereocenters. The van der Waals surface area contributed by atoms with E-state index in [1.165, 1.54) is 0 Å². The maximum atomic E-state index is 4.16. The molecule has 1 heterocycles. The van der Waals surface area contributed by atoms with Crippen molar-refractivity contribution in [2.75, 3.05) is 0 Å². The summed E-state index contributed by atoms with van der Waals surface area (Å²) >= 11 is 0. The summed E-state index contributed by atoms with van der Waals surface area (Å²) in [5.41, 5.74) is 5.17. The Kier molecular flexibility index (Phi) is 1.09. The molecule has 0 amide bonds. The average Bonchev–Trinajstić information content (AvgIpc) is 2.05. The fourth-order valence-corrected chi connectivity index (χ4v) is 0.956. The minimum absolute atomic E-state index is 1.03. The highest BCUT2D eigenvalue weighted by atomic mass is 14.7. The molecule has 46 valence electrons. The number of hydrogen-bond donors (Lipinski definition) is 0. The van der Waals surface area contributed by atoms with Gasteiger partial charge in [0, 0.05) is 18.0 Å². The van der Waals surface area contributed by atoms with Gasteiger partial charge in [-0.2, -0.15) is 0 Å². The molecule has 0 aliphatic heterocycles. The summed E-state index contributed by atoms with van der Waals surface area (Å²) < 4.78 is 0. The van der Waals surface area contributed by atoms with E-state index in [1.807, 2.05) is 30.7 Å². The maximum absolute atomic E-state index is 4.16. The summed E-state index contributed by atoms with van der Waals surface area (Å²) in [4.78, 5) is 4.16. The van der Waals surface area contributed by atoms with E-state index in [9.17, 15) is 0 Å². The van der Waals surface area contributed by atoms with Gasteiger partial charge in [-0.3, -0.25) is 0 Å². The van der Waals surface area contributed by atoms with Gasteiger partial charge in [-0.1, -0.05) is 0 Å². The Balaban J connectivity index is 2.63. The predicted molar refractivity (Wildman–Crippen MR) is 40.2 cm³/mol.